The third kappa shape index (κ3) is 3.40. The number of nitrogens with one attached hydrogen (secondary N) is 1. The molecule has 4 atom stereocenters. The second-order valence-electron chi connectivity index (χ2n) is 11.9. The molecule has 176 valence electrons. The molecule has 1 saturated carbocycles. The molecule has 2 heterocycles. The molecule has 2 aliphatic carbocycles. The molecule has 3 aromatic rings. The summed E-state index contributed by atoms with van der Waals surface area (Å²) in [5, 5.41) is 3.13. The van der Waals surface area contributed by atoms with Gasteiger partial charge in [-0.2, -0.15) is 0 Å². The number of aromatic nitrogens is 1. The van der Waals surface area contributed by atoms with Crippen molar-refractivity contribution in [3.63, 3.8) is 0 Å². The predicted octanol–water partition coefficient (Wildman–Crippen LogP) is 5.40. The minimum absolute atomic E-state index is 0.00682. The fourth-order valence-corrected chi connectivity index (χ4v) is 7.38. The summed E-state index contributed by atoms with van der Waals surface area (Å²) < 4.78 is 6.40. The molecule has 6 rings (SSSR count). The number of rotatable bonds is 3. The number of carbonyl (C=O) groups excluding carboxylic acids is 2. The first kappa shape index (κ1) is 21.6. The van der Waals surface area contributed by atoms with Gasteiger partial charge in [-0.3, -0.25) is 9.59 Å². The molecule has 0 radical (unpaired) electrons. The van der Waals surface area contributed by atoms with E-state index in [1.54, 1.807) is 0 Å². The van der Waals surface area contributed by atoms with Crippen LogP contribution in [0.25, 0.3) is 11.1 Å². The normalized spacial score (nSPS) is 32.8. The summed E-state index contributed by atoms with van der Waals surface area (Å²) in [5.41, 5.74) is 4.29. The molecule has 2 fully saturated rings. The summed E-state index contributed by atoms with van der Waals surface area (Å²) in [7, 11) is 0. The van der Waals surface area contributed by atoms with Gasteiger partial charge in [0.05, 0.1) is 0 Å². The highest BCUT2D eigenvalue weighted by atomic mass is 16.3. The Morgan fingerprint density at radius 3 is 2.59 bits per heavy atom. The number of ketones is 1. The number of hydrogen-bond acceptors (Lipinski definition) is 4. The first-order chi connectivity index (χ1) is 16.2. The summed E-state index contributed by atoms with van der Waals surface area (Å²) in [4.78, 5) is 30.7. The van der Waals surface area contributed by atoms with Gasteiger partial charge in [-0.25, -0.2) is 4.98 Å². The maximum absolute atomic E-state index is 13.0. The van der Waals surface area contributed by atoms with E-state index in [-0.39, 0.29) is 28.4 Å². The van der Waals surface area contributed by atoms with E-state index in [0.717, 1.165) is 61.1 Å². The molecule has 2 aromatic carbocycles. The second-order valence-corrected chi connectivity index (χ2v) is 11.9. The van der Waals surface area contributed by atoms with Crippen LogP contribution in [0.3, 0.4) is 0 Å². The van der Waals surface area contributed by atoms with Gasteiger partial charge in [0.1, 0.15) is 5.52 Å². The van der Waals surface area contributed by atoms with Crippen LogP contribution in [-0.4, -0.2) is 23.2 Å². The van der Waals surface area contributed by atoms with Crippen LogP contribution in [0, 0.1) is 16.7 Å². The van der Waals surface area contributed by atoms with Crippen LogP contribution in [-0.2, 0) is 23.1 Å². The number of oxazole rings is 1. The lowest BCUT2D eigenvalue weighted by molar-refractivity contribution is -0.143. The highest BCUT2D eigenvalue weighted by Gasteiger charge is 2.57. The highest BCUT2D eigenvalue weighted by Crippen LogP contribution is 2.57. The van der Waals surface area contributed by atoms with Crippen LogP contribution in [0.1, 0.15) is 73.8 Å². The Bertz CT molecular complexity index is 1310. The summed E-state index contributed by atoms with van der Waals surface area (Å²) in [6.45, 7) is 7.28. The zero-order chi connectivity index (χ0) is 23.7. The van der Waals surface area contributed by atoms with Gasteiger partial charge in [-0.1, -0.05) is 51.1 Å². The van der Waals surface area contributed by atoms with Gasteiger partial charge in [-0.05, 0) is 67.2 Å². The van der Waals surface area contributed by atoms with Crippen molar-refractivity contribution in [2.45, 2.75) is 64.7 Å². The van der Waals surface area contributed by atoms with E-state index in [4.69, 9.17) is 9.40 Å². The molecule has 4 unspecified atom stereocenters. The van der Waals surface area contributed by atoms with Crippen LogP contribution in [0.5, 0.6) is 0 Å². The Hall–Kier alpha value is -2.95. The third-order valence-corrected chi connectivity index (χ3v) is 8.52. The van der Waals surface area contributed by atoms with Crippen molar-refractivity contribution in [1.29, 1.82) is 0 Å². The monoisotopic (exact) mass is 456 g/mol. The van der Waals surface area contributed by atoms with E-state index in [2.05, 4.69) is 38.2 Å². The number of carbonyl (C=O) groups is 2. The number of aryl methyl sites for hydroxylation is 1. The molecule has 34 heavy (non-hydrogen) atoms. The fourth-order valence-electron chi connectivity index (χ4n) is 7.38. The molecule has 5 nitrogen and oxygen atoms in total. The van der Waals surface area contributed by atoms with Gasteiger partial charge in [0, 0.05) is 28.9 Å². The number of piperidine rings is 1. The van der Waals surface area contributed by atoms with Crippen LogP contribution in [0.2, 0.25) is 0 Å². The quantitative estimate of drug-likeness (QED) is 0.536. The van der Waals surface area contributed by atoms with Crippen molar-refractivity contribution in [2.24, 2.45) is 16.7 Å². The van der Waals surface area contributed by atoms with E-state index < -0.39 is 5.41 Å². The molecule has 1 saturated heterocycles. The van der Waals surface area contributed by atoms with E-state index in [0.29, 0.717) is 6.54 Å². The molecule has 2 bridgehead atoms. The van der Waals surface area contributed by atoms with Crippen LogP contribution < -0.4 is 5.32 Å². The minimum atomic E-state index is -0.398. The summed E-state index contributed by atoms with van der Waals surface area (Å²) in [6.07, 6.45) is 5.06. The summed E-state index contributed by atoms with van der Waals surface area (Å²) >= 11 is 0. The van der Waals surface area contributed by atoms with Gasteiger partial charge in [0.15, 0.2) is 11.4 Å². The zero-order valence-corrected chi connectivity index (χ0v) is 20.2. The maximum Gasteiger partial charge on any atom is 0.226 e. The Morgan fingerprint density at radius 2 is 1.79 bits per heavy atom. The van der Waals surface area contributed by atoms with E-state index >= 15 is 0 Å². The summed E-state index contributed by atoms with van der Waals surface area (Å²) in [6, 6.07) is 13.9. The SMILES string of the molecule is CC12CNC(=O)C(C)(C1)CC(C)(c1nc3cc4c(cc3o1)CCC(C(=O)c1ccccc1)C4)C2. The lowest BCUT2D eigenvalue weighted by atomic mass is 9.52. The number of amides is 1. The first-order valence-electron chi connectivity index (χ1n) is 12.5. The Labute approximate surface area is 200 Å². The van der Waals surface area contributed by atoms with Crippen molar-refractivity contribution in [3.8, 4) is 0 Å². The van der Waals surface area contributed by atoms with Crippen molar-refractivity contribution in [2.75, 3.05) is 6.54 Å². The van der Waals surface area contributed by atoms with Gasteiger partial charge in [0.2, 0.25) is 11.8 Å². The fraction of sp³-hybridized carbons (Fsp3) is 0.483. The zero-order valence-electron chi connectivity index (χ0n) is 20.2. The molecule has 1 aliphatic heterocycles. The molecule has 3 aliphatic rings. The van der Waals surface area contributed by atoms with E-state index in [1.807, 2.05) is 30.3 Å². The van der Waals surface area contributed by atoms with Gasteiger partial charge in [-0.15, -0.1) is 0 Å². The van der Waals surface area contributed by atoms with Gasteiger partial charge < -0.3 is 9.73 Å². The number of hydrogen-bond donors (Lipinski definition) is 1. The van der Waals surface area contributed by atoms with Crippen LogP contribution in [0.15, 0.2) is 46.9 Å². The Balaban J connectivity index is 1.32. The molecule has 5 heteroatoms. The van der Waals surface area contributed by atoms with Crippen molar-refractivity contribution in [1.82, 2.24) is 10.3 Å². The van der Waals surface area contributed by atoms with Crippen molar-refractivity contribution >= 4 is 22.8 Å². The molecule has 0 spiro atoms. The molecular formula is C29H32N2O3. The number of benzene rings is 2. The largest absolute Gasteiger partial charge is 0.440 e. The maximum atomic E-state index is 13.0. The molecule has 1 aromatic heterocycles. The van der Waals surface area contributed by atoms with Crippen molar-refractivity contribution < 1.29 is 14.0 Å². The Morgan fingerprint density at radius 1 is 1.03 bits per heavy atom. The van der Waals surface area contributed by atoms with E-state index in [9.17, 15) is 9.59 Å². The van der Waals surface area contributed by atoms with E-state index in [1.165, 1.54) is 11.1 Å². The lowest BCUT2D eigenvalue weighted by Gasteiger charge is -2.54. The first-order valence-corrected chi connectivity index (χ1v) is 12.5. The van der Waals surface area contributed by atoms with Crippen molar-refractivity contribution in [3.05, 3.63) is 65.0 Å². The average Bonchev–Trinajstić information content (AvgIpc) is 3.23. The second kappa shape index (κ2) is 7.27. The number of Topliss-reactive ketones (excluding diaryl/α,β-unsaturated/α-hetero) is 1. The highest BCUT2D eigenvalue weighted by molar-refractivity contribution is 5.98. The Kier molecular flexibility index (Phi) is 4.61. The average molecular weight is 457 g/mol. The molecular weight excluding hydrogens is 424 g/mol. The summed E-state index contributed by atoms with van der Waals surface area (Å²) in [5.74, 6) is 1.13. The van der Waals surface area contributed by atoms with Crippen LogP contribution in [0.4, 0.5) is 0 Å². The van der Waals surface area contributed by atoms with Gasteiger partial charge in [0.25, 0.3) is 0 Å². The van der Waals surface area contributed by atoms with Crippen LogP contribution >= 0.6 is 0 Å². The minimum Gasteiger partial charge on any atom is -0.440 e. The molecule has 1 amide bonds. The molecule has 1 N–H and O–H groups in total. The number of nitrogens with zero attached hydrogens (tertiary/aromatic N) is 1. The number of fused-ring (bicyclic) bond motifs is 4. The smallest absolute Gasteiger partial charge is 0.226 e. The lowest BCUT2D eigenvalue weighted by Crippen LogP contribution is -2.59. The van der Waals surface area contributed by atoms with Gasteiger partial charge >= 0.3 is 0 Å². The third-order valence-electron chi connectivity index (χ3n) is 8.52. The predicted molar refractivity (Wildman–Crippen MR) is 131 cm³/mol. The standard InChI is InChI=1S/C29H32N2O3/c1-27-14-28(2,25(33)30-17-27)16-29(3,15-27)26-31-22-12-21-11-20(10-9-19(21)13-23(22)34-26)24(32)18-7-5-4-6-8-18/h4-8,12-13,20H,9-11,14-17H2,1-3H3,(H,30,33). The topological polar surface area (TPSA) is 72.2 Å².